The van der Waals surface area contributed by atoms with Crippen LogP contribution >= 0.6 is 0 Å². The molecule has 0 aromatic heterocycles. The van der Waals surface area contributed by atoms with Crippen molar-refractivity contribution in [3.05, 3.63) is 0 Å². The van der Waals surface area contributed by atoms with Crippen LogP contribution in [0.5, 0.6) is 0 Å². The van der Waals surface area contributed by atoms with Crippen LogP contribution in [0.1, 0.15) is 40.5 Å². The number of carbonyl (C=O) groups is 3. The average molecular weight is 258 g/mol. The van der Waals surface area contributed by atoms with Crippen LogP contribution in [0.2, 0.25) is 0 Å². The maximum Gasteiger partial charge on any atom is 0.407 e. The maximum absolute atomic E-state index is 11.2. The summed E-state index contributed by atoms with van der Waals surface area (Å²) < 4.78 is 5.02. The van der Waals surface area contributed by atoms with Crippen molar-refractivity contribution in [2.45, 2.75) is 46.1 Å². The van der Waals surface area contributed by atoms with Gasteiger partial charge in [0.05, 0.1) is 0 Å². The zero-order chi connectivity index (χ0) is 14.2. The molecule has 0 radical (unpaired) electrons. The summed E-state index contributed by atoms with van der Waals surface area (Å²) in [6.45, 7) is 7.37. The lowest BCUT2D eigenvalue weighted by Gasteiger charge is -2.19. The van der Waals surface area contributed by atoms with E-state index in [0.29, 0.717) is 13.1 Å². The Kier molecular flexibility index (Phi) is 7.00. The Hall–Kier alpha value is -1.59. The molecule has 6 heteroatoms. The first-order valence-corrected chi connectivity index (χ1v) is 5.93. The molecule has 18 heavy (non-hydrogen) atoms. The van der Waals surface area contributed by atoms with E-state index in [-0.39, 0.29) is 24.5 Å². The van der Waals surface area contributed by atoms with Gasteiger partial charge in [-0.15, -0.1) is 0 Å². The van der Waals surface area contributed by atoms with Gasteiger partial charge < -0.3 is 20.2 Å². The fourth-order valence-corrected chi connectivity index (χ4v) is 1.06. The number of ketones is 1. The highest BCUT2D eigenvalue weighted by molar-refractivity contribution is 5.83. The molecule has 104 valence electrons. The van der Waals surface area contributed by atoms with Crippen molar-refractivity contribution in [1.29, 1.82) is 0 Å². The summed E-state index contributed by atoms with van der Waals surface area (Å²) in [4.78, 5) is 33.1. The van der Waals surface area contributed by atoms with Gasteiger partial charge in [-0.05, 0) is 27.7 Å². The smallest absolute Gasteiger partial charge is 0.407 e. The highest BCUT2D eigenvalue weighted by Gasteiger charge is 2.15. The van der Waals surface area contributed by atoms with E-state index in [2.05, 4.69) is 10.6 Å². The van der Waals surface area contributed by atoms with Gasteiger partial charge in [0.1, 0.15) is 11.4 Å². The Bertz CT molecular complexity index is 308. The zero-order valence-electron chi connectivity index (χ0n) is 11.5. The second kappa shape index (κ2) is 7.68. The largest absolute Gasteiger partial charge is 0.444 e. The Morgan fingerprint density at radius 2 is 1.56 bits per heavy atom. The van der Waals surface area contributed by atoms with Crippen LogP contribution in [0.3, 0.4) is 0 Å². The Morgan fingerprint density at radius 1 is 1.00 bits per heavy atom. The highest BCUT2D eigenvalue weighted by atomic mass is 16.6. The quantitative estimate of drug-likeness (QED) is 0.696. The third-order valence-corrected chi connectivity index (χ3v) is 1.82. The molecule has 0 heterocycles. The first kappa shape index (κ1) is 16.4. The van der Waals surface area contributed by atoms with E-state index in [0.717, 1.165) is 0 Å². The molecular formula is C12H22N2O4. The summed E-state index contributed by atoms with van der Waals surface area (Å²) in [6, 6.07) is 0. The zero-order valence-corrected chi connectivity index (χ0v) is 11.5. The van der Waals surface area contributed by atoms with Gasteiger partial charge in [-0.3, -0.25) is 4.79 Å². The number of hydrogen-bond acceptors (Lipinski definition) is 4. The van der Waals surface area contributed by atoms with Gasteiger partial charge >= 0.3 is 6.09 Å². The van der Waals surface area contributed by atoms with Crippen molar-refractivity contribution in [2.24, 2.45) is 0 Å². The van der Waals surface area contributed by atoms with Crippen LogP contribution < -0.4 is 10.6 Å². The van der Waals surface area contributed by atoms with Gasteiger partial charge in [-0.1, -0.05) is 0 Å². The molecule has 0 spiro atoms. The molecule has 0 aromatic carbocycles. The van der Waals surface area contributed by atoms with Crippen LogP contribution in [0.15, 0.2) is 0 Å². The fraction of sp³-hybridized carbons (Fsp3) is 0.750. The molecule has 0 fully saturated rings. The Labute approximate surface area is 107 Å². The first-order valence-electron chi connectivity index (χ1n) is 5.93. The molecule has 0 aliphatic carbocycles. The number of amides is 2. The summed E-state index contributed by atoms with van der Waals surface area (Å²) >= 11 is 0. The molecule has 2 amide bonds. The number of ether oxygens (including phenoxy) is 1. The van der Waals surface area contributed by atoms with Crippen molar-refractivity contribution in [1.82, 2.24) is 10.6 Å². The molecule has 0 aromatic rings. The van der Waals surface area contributed by atoms with Crippen LogP contribution in [-0.4, -0.2) is 36.5 Å². The minimum atomic E-state index is -0.533. The van der Waals surface area contributed by atoms with E-state index >= 15 is 0 Å². The number of carbonyl (C=O) groups excluding carboxylic acids is 3. The minimum Gasteiger partial charge on any atom is -0.444 e. The number of rotatable bonds is 6. The van der Waals surface area contributed by atoms with Gasteiger partial charge in [0.15, 0.2) is 0 Å². The number of hydrogen-bond donors (Lipinski definition) is 2. The van der Waals surface area contributed by atoms with E-state index in [1.165, 1.54) is 6.92 Å². The summed E-state index contributed by atoms with van der Waals surface area (Å²) in [5.74, 6) is -0.215. The highest BCUT2D eigenvalue weighted by Crippen LogP contribution is 2.05. The Balaban J connectivity index is 3.59. The van der Waals surface area contributed by atoms with E-state index in [4.69, 9.17) is 4.74 Å². The minimum absolute atomic E-state index is 0.0166. The molecule has 0 saturated carbocycles. The predicted octanol–water partition coefficient (Wildman–Crippen LogP) is 0.996. The maximum atomic E-state index is 11.2. The van der Waals surface area contributed by atoms with Gasteiger partial charge in [0, 0.05) is 25.9 Å². The lowest BCUT2D eigenvalue weighted by Crippen LogP contribution is -2.37. The molecule has 6 nitrogen and oxygen atoms in total. The SMILES string of the molecule is CC(=O)CCC(=O)NCCNC(=O)OC(C)(C)C. The second-order valence-electron chi connectivity index (χ2n) is 4.98. The van der Waals surface area contributed by atoms with Crippen molar-refractivity contribution < 1.29 is 19.1 Å². The van der Waals surface area contributed by atoms with Crippen LogP contribution in [0, 0.1) is 0 Å². The standard InChI is InChI=1S/C12H22N2O4/c1-9(15)5-6-10(16)13-7-8-14-11(17)18-12(2,3)4/h5-8H2,1-4H3,(H,13,16)(H,14,17). The second-order valence-corrected chi connectivity index (χ2v) is 4.98. The monoisotopic (exact) mass is 258 g/mol. The summed E-state index contributed by atoms with van der Waals surface area (Å²) in [7, 11) is 0. The third kappa shape index (κ3) is 10.9. The molecule has 0 rings (SSSR count). The van der Waals surface area contributed by atoms with Gasteiger partial charge in [-0.25, -0.2) is 4.79 Å². The van der Waals surface area contributed by atoms with Crippen molar-refractivity contribution in [3.63, 3.8) is 0 Å². The lowest BCUT2D eigenvalue weighted by atomic mass is 10.2. The van der Waals surface area contributed by atoms with Crippen LogP contribution in [0.4, 0.5) is 4.79 Å². The molecule has 0 bridgehead atoms. The summed E-state index contributed by atoms with van der Waals surface area (Å²) in [6.07, 6.45) is -0.0897. The summed E-state index contributed by atoms with van der Waals surface area (Å²) in [5, 5.41) is 5.11. The molecule has 0 aliphatic rings. The molecular weight excluding hydrogens is 236 g/mol. The number of nitrogens with one attached hydrogen (secondary N) is 2. The van der Waals surface area contributed by atoms with Crippen molar-refractivity contribution >= 4 is 17.8 Å². The molecule has 2 N–H and O–H groups in total. The first-order chi connectivity index (χ1) is 8.20. The van der Waals surface area contributed by atoms with Gasteiger partial charge in [-0.2, -0.15) is 0 Å². The fourth-order valence-electron chi connectivity index (χ4n) is 1.06. The number of Topliss-reactive ketones (excluding diaryl/α,β-unsaturated/α-hetero) is 1. The molecule has 0 aliphatic heterocycles. The predicted molar refractivity (Wildman–Crippen MR) is 67.2 cm³/mol. The van der Waals surface area contributed by atoms with E-state index < -0.39 is 11.7 Å². The third-order valence-electron chi connectivity index (χ3n) is 1.82. The lowest BCUT2D eigenvalue weighted by molar-refractivity contribution is -0.124. The molecule has 0 saturated heterocycles. The summed E-state index contributed by atoms with van der Waals surface area (Å²) in [5.41, 5.74) is -0.533. The topological polar surface area (TPSA) is 84.5 Å². The molecule has 0 unspecified atom stereocenters. The number of alkyl carbamates (subject to hydrolysis) is 1. The van der Waals surface area contributed by atoms with E-state index in [1.54, 1.807) is 20.8 Å². The van der Waals surface area contributed by atoms with Crippen LogP contribution in [-0.2, 0) is 14.3 Å². The normalized spacial score (nSPS) is 10.7. The average Bonchev–Trinajstić information content (AvgIpc) is 2.19. The van der Waals surface area contributed by atoms with Crippen LogP contribution in [0.25, 0.3) is 0 Å². The van der Waals surface area contributed by atoms with Crippen molar-refractivity contribution in [3.8, 4) is 0 Å². The van der Waals surface area contributed by atoms with Gasteiger partial charge in [0.2, 0.25) is 5.91 Å². The van der Waals surface area contributed by atoms with Crippen molar-refractivity contribution in [2.75, 3.05) is 13.1 Å². The molecule has 0 atom stereocenters. The van der Waals surface area contributed by atoms with E-state index in [9.17, 15) is 14.4 Å². The van der Waals surface area contributed by atoms with Gasteiger partial charge in [0.25, 0.3) is 0 Å². The Morgan fingerprint density at radius 3 is 2.06 bits per heavy atom. The van der Waals surface area contributed by atoms with E-state index in [1.807, 2.05) is 0 Å².